The van der Waals surface area contributed by atoms with Crippen LogP contribution in [-0.4, -0.2) is 5.91 Å². The average molecular weight is 320 g/mol. The van der Waals surface area contributed by atoms with E-state index >= 15 is 0 Å². The van der Waals surface area contributed by atoms with Gasteiger partial charge in [-0.25, -0.2) is 4.39 Å². The topological polar surface area (TPSA) is 88.7 Å². The van der Waals surface area contributed by atoms with Crippen molar-refractivity contribution < 1.29 is 9.18 Å². The summed E-state index contributed by atoms with van der Waals surface area (Å²) in [6.45, 7) is 0.139. The van der Waals surface area contributed by atoms with Gasteiger partial charge in [-0.05, 0) is 18.2 Å². The fourth-order valence-electron chi connectivity index (χ4n) is 1.93. The van der Waals surface area contributed by atoms with Crippen LogP contribution >= 0.6 is 0 Å². The number of carbonyl (C=O) groups is 1. The lowest BCUT2D eigenvalue weighted by atomic mass is 10.2. The molecule has 1 amide bonds. The maximum Gasteiger partial charge on any atom is 0.267 e. The minimum Gasteiger partial charge on any atom is -0.385 e. The molecule has 0 radical (unpaired) electrons. The van der Waals surface area contributed by atoms with E-state index in [1.807, 2.05) is 6.07 Å². The molecular weight excluding hydrogens is 307 g/mol. The molecule has 0 aromatic heterocycles. The lowest BCUT2D eigenvalue weighted by Gasteiger charge is -2.07. The Morgan fingerprint density at radius 3 is 2.54 bits per heavy atom. The Hall–Kier alpha value is -3.64. The highest BCUT2D eigenvalue weighted by atomic mass is 19.1. The van der Waals surface area contributed by atoms with Crippen molar-refractivity contribution in [3.05, 3.63) is 77.2 Å². The number of hydrogen-bond donors (Lipinski definition) is 2. The molecule has 0 aliphatic carbocycles. The Morgan fingerprint density at radius 2 is 1.83 bits per heavy atom. The molecule has 5 nitrogen and oxygen atoms in total. The van der Waals surface area contributed by atoms with Gasteiger partial charge in [0.15, 0.2) is 0 Å². The van der Waals surface area contributed by atoms with Crippen LogP contribution in [0.1, 0.15) is 11.1 Å². The van der Waals surface area contributed by atoms with Gasteiger partial charge < -0.3 is 10.6 Å². The highest BCUT2D eigenvalue weighted by Gasteiger charge is 2.11. The third kappa shape index (κ3) is 4.19. The number of benzene rings is 2. The molecular formula is C18H13FN4O. The Bertz CT molecular complexity index is 862. The van der Waals surface area contributed by atoms with Gasteiger partial charge in [0.25, 0.3) is 5.91 Å². The Labute approximate surface area is 138 Å². The molecule has 0 fully saturated rings. The van der Waals surface area contributed by atoms with Gasteiger partial charge in [-0.15, -0.1) is 0 Å². The molecule has 6 heteroatoms. The van der Waals surface area contributed by atoms with E-state index in [9.17, 15) is 9.18 Å². The summed E-state index contributed by atoms with van der Waals surface area (Å²) in [6.07, 6.45) is 1.22. The first-order valence-electron chi connectivity index (χ1n) is 7.03. The summed E-state index contributed by atoms with van der Waals surface area (Å²) in [5.41, 5.74) is 0.850. The van der Waals surface area contributed by atoms with E-state index < -0.39 is 5.91 Å². The molecule has 0 bridgehead atoms. The fraction of sp³-hybridized carbons (Fsp3) is 0.0556. The molecule has 0 spiro atoms. The number of nitriles is 2. The van der Waals surface area contributed by atoms with Gasteiger partial charge in [-0.2, -0.15) is 10.5 Å². The molecule has 2 aromatic rings. The first-order valence-corrected chi connectivity index (χ1v) is 7.03. The maximum absolute atomic E-state index is 13.5. The summed E-state index contributed by atoms with van der Waals surface area (Å²) in [5.74, 6) is -1.02. The number of amides is 1. The van der Waals surface area contributed by atoms with Crippen molar-refractivity contribution in [3.63, 3.8) is 0 Å². The van der Waals surface area contributed by atoms with Crippen LogP contribution in [0.5, 0.6) is 0 Å². The predicted molar refractivity (Wildman–Crippen MR) is 86.7 cm³/mol. The van der Waals surface area contributed by atoms with Crippen LogP contribution in [0.3, 0.4) is 0 Å². The fourth-order valence-corrected chi connectivity index (χ4v) is 1.93. The Morgan fingerprint density at radius 1 is 1.12 bits per heavy atom. The SMILES string of the molecule is N#C/C(=C/NCc1ccccc1F)C(=O)Nc1ccccc1C#N. The zero-order valence-electron chi connectivity index (χ0n) is 12.6. The van der Waals surface area contributed by atoms with E-state index in [4.69, 9.17) is 10.5 Å². The van der Waals surface area contributed by atoms with Crippen molar-refractivity contribution in [1.29, 1.82) is 10.5 Å². The number of halogens is 1. The lowest BCUT2D eigenvalue weighted by molar-refractivity contribution is -0.112. The zero-order valence-corrected chi connectivity index (χ0v) is 12.6. The number of nitrogens with one attached hydrogen (secondary N) is 2. The Kier molecular flexibility index (Phi) is 5.65. The quantitative estimate of drug-likeness (QED) is 0.655. The summed E-state index contributed by atoms with van der Waals surface area (Å²) in [4.78, 5) is 12.1. The van der Waals surface area contributed by atoms with Crippen LogP contribution in [0.25, 0.3) is 0 Å². The van der Waals surface area contributed by atoms with E-state index in [2.05, 4.69) is 10.6 Å². The summed E-state index contributed by atoms with van der Waals surface area (Å²) in [5, 5.41) is 23.3. The van der Waals surface area contributed by atoms with Gasteiger partial charge >= 0.3 is 0 Å². The maximum atomic E-state index is 13.5. The first kappa shape index (κ1) is 16.7. The molecule has 2 aromatic carbocycles. The van der Waals surface area contributed by atoms with Gasteiger partial charge in [-0.1, -0.05) is 30.3 Å². The molecule has 118 valence electrons. The third-order valence-corrected chi connectivity index (χ3v) is 3.16. The van der Waals surface area contributed by atoms with Gasteiger partial charge in [0.2, 0.25) is 0 Å². The number of rotatable bonds is 5. The normalized spacial score (nSPS) is 10.4. The molecule has 0 aliphatic heterocycles. The summed E-state index contributed by atoms with van der Waals surface area (Å²) < 4.78 is 13.5. The van der Waals surface area contributed by atoms with Crippen molar-refractivity contribution in [3.8, 4) is 12.1 Å². The van der Waals surface area contributed by atoms with Gasteiger partial charge in [0.05, 0.1) is 11.3 Å². The zero-order chi connectivity index (χ0) is 17.4. The van der Waals surface area contributed by atoms with Crippen molar-refractivity contribution in [2.75, 3.05) is 5.32 Å². The molecule has 0 saturated carbocycles. The van der Waals surface area contributed by atoms with Gasteiger partial charge in [0, 0.05) is 18.3 Å². The molecule has 24 heavy (non-hydrogen) atoms. The number of hydrogen-bond acceptors (Lipinski definition) is 4. The lowest BCUT2D eigenvalue weighted by Crippen LogP contribution is -2.17. The van der Waals surface area contributed by atoms with Crippen LogP contribution in [0, 0.1) is 28.5 Å². The summed E-state index contributed by atoms with van der Waals surface area (Å²) in [7, 11) is 0. The minimum atomic E-state index is -0.652. The van der Waals surface area contributed by atoms with Crippen LogP contribution in [0.4, 0.5) is 10.1 Å². The number of carbonyl (C=O) groups excluding carboxylic acids is 1. The molecule has 0 unspecified atom stereocenters. The summed E-state index contributed by atoms with van der Waals surface area (Å²) in [6, 6.07) is 16.4. The van der Waals surface area contributed by atoms with Crippen LogP contribution < -0.4 is 10.6 Å². The van der Waals surface area contributed by atoms with E-state index in [1.54, 1.807) is 48.5 Å². The van der Waals surface area contributed by atoms with Crippen molar-refractivity contribution in [2.45, 2.75) is 6.54 Å². The number of para-hydroxylation sites is 1. The third-order valence-electron chi connectivity index (χ3n) is 3.16. The second kappa shape index (κ2) is 8.11. The van der Waals surface area contributed by atoms with Gasteiger partial charge in [0.1, 0.15) is 23.5 Å². The van der Waals surface area contributed by atoms with Crippen LogP contribution in [-0.2, 0) is 11.3 Å². The average Bonchev–Trinajstić information content (AvgIpc) is 2.60. The largest absolute Gasteiger partial charge is 0.385 e. The number of nitrogens with zero attached hydrogens (tertiary/aromatic N) is 2. The molecule has 2 N–H and O–H groups in total. The molecule has 0 aliphatic rings. The van der Waals surface area contributed by atoms with Crippen LogP contribution in [0.15, 0.2) is 60.3 Å². The molecule has 0 atom stereocenters. The standard InChI is InChI=1S/C18H13FN4O/c19-16-7-3-1-6-14(16)11-22-12-15(10-21)18(24)23-17-8-4-2-5-13(17)9-20/h1-8,12,22H,11H2,(H,23,24)/b15-12-. The number of anilines is 1. The minimum absolute atomic E-state index is 0.139. The second-order valence-corrected chi connectivity index (χ2v) is 4.75. The molecule has 2 rings (SSSR count). The van der Waals surface area contributed by atoms with E-state index in [1.165, 1.54) is 12.3 Å². The highest BCUT2D eigenvalue weighted by molar-refractivity contribution is 6.07. The van der Waals surface area contributed by atoms with Gasteiger partial charge in [-0.3, -0.25) is 4.79 Å². The van der Waals surface area contributed by atoms with Crippen molar-refractivity contribution in [2.24, 2.45) is 0 Å². The van der Waals surface area contributed by atoms with Crippen LogP contribution in [0.2, 0.25) is 0 Å². The van der Waals surface area contributed by atoms with E-state index in [0.29, 0.717) is 16.8 Å². The smallest absolute Gasteiger partial charge is 0.267 e. The molecule has 0 saturated heterocycles. The Balaban J connectivity index is 2.05. The molecule has 0 heterocycles. The van der Waals surface area contributed by atoms with Crippen molar-refractivity contribution in [1.82, 2.24) is 5.32 Å². The predicted octanol–water partition coefficient (Wildman–Crippen LogP) is 2.83. The van der Waals surface area contributed by atoms with Crippen molar-refractivity contribution >= 4 is 11.6 Å². The first-order chi connectivity index (χ1) is 11.7. The van der Waals surface area contributed by atoms with E-state index in [0.717, 1.165) is 0 Å². The summed E-state index contributed by atoms with van der Waals surface area (Å²) >= 11 is 0. The van der Waals surface area contributed by atoms with E-state index in [-0.39, 0.29) is 17.9 Å². The highest BCUT2D eigenvalue weighted by Crippen LogP contribution is 2.14. The second-order valence-electron chi connectivity index (χ2n) is 4.75. The monoisotopic (exact) mass is 320 g/mol.